The zero-order chi connectivity index (χ0) is 9.97. The molecule has 1 N–H and O–H groups in total. The van der Waals surface area contributed by atoms with Crippen molar-refractivity contribution in [3.63, 3.8) is 0 Å². The van der Waals surface area contributed by atoms with Crippen LogP contribution >= 0.6 is 0 Å². The van der Waals surface area contributed by atoms with Gasteiger partial charge in [0.25, 0.3) is 6.43 Å². The second-order valence-corrected chi connectivity index (χ2v) is 3.75. The summed E-state index contributed by atoms with van der Waals surface area (Å²) in [6.45, 7) is 0.966. The predicted octanol–water partition coefficient (Wildman–Crippen LogP) is 3.45. The van der Waals surface area contributed by atoms with Gasteiger partial charge in [0.2, 0.25) is 0 Å². The van der Waals surface area contributed by atoms with Crippen LogP contribution in [-0.4, -0.2) is 6.54 Å². The average Bonchev–Trinajstić information content (AvgIpc) is 2.99. The number of anilines is 1. The lowest BCUT2D eigenvalue weighted by molar-refractivity contribution is 0.151. The van der Waals surface area contributed by atoms with Crippen LogP contribution in [-0.2, 0) is 0 Å². The zero-order valence-electron chi connectivity index (χ0n) is 7.84. The van der Waals surface area contributed by atoms with Crippen molar-refractivity contribution in [3.05, 3.63) is 29.8 Å². The quantitative estimate of drug-likeness (QED) is 0.779. The van der Waals surface area contributed by atoms with Gasteiger partial charge in [0.05, 0.1) is 0 Å². The van der Waals surface area contributed by atoms with Crippen molar-refractivity contribution < 1.29 is 8.78 Å². The third-order valence-electron chi connectivity index (χ3n) is 2.45. The van der Waals surface area contributed by atoms with Crippen LogP contribution in [0.2, 0.25) is 0 Å². The lowest BCUT2D eigenvalue weighted by atomic mass is 10.2. The van der Waals surface area contributed by atoms with E-state index in [1.165, 1.54) is 25.0 Å². The Kier molecular flexibility index (Phi) is 2.66. The molecule has 2 rings (SSSR count). The number of hydrogen-bond acceptors (Lipinski definition) is 1. The van der Waals surface area contributed by atoms with Crippen LogP contribution in [0.1, 0.15) is 24.8 Å². The van der Waals surface area contributed by atoms with Crippen molar-refractivity contribution in [2.24, 2.45) is 5.92 Å². The Bertz CT molecular complexity index is 291. The molecular weight excluding hydrogens is 184 g/mol. The molecule has 0 aliphatic heterocycles. The molecule has 0 heterocycles. The van der Waals surface area contributed by atoms with E-state index in [9.17, 15) is 8.78 Å². The average molecular weight is 197 g/mol. The Labute approximate surface area is 82.1 Å². The van der Waals surface area contributed by atoms with Crippen LogP contribution in [0.25, 0.3) is 0 Å². The molecule has 1 aromatic carbocycles. The minimum atomic E-state index is -2.37. The van der Waals surface area contributed by atoms with Gasteiger partial charge in [-0.1, -0.05) is 12.1 Å². The number of rotatable bonds is 4. The van der Waals surface area contributed by atoms with Crippen molar-refractivity contribution in [2.75, 3.05) is 11.9 Å². The van der Waals surface area contributed by atoms with E-state index in [2.05, 4.69) is 5.32 Å². The first-order valence-electron chi connectivity index (χ1n) is 4.87. The van der Waals surface area contributed by atoms with Gasteiger partial charge in [-0.2, -0.15) is 0 Å². The van der Waals surface area contributed by atoms with Crippen molar-refractivity contribution in [2.45, 2.75) is 19.3 Å². The van der Waals surface area contributed by atoms with E-state index >= 15 is 0 Å². The first-order chi connectivity index (χ1) is 6.75. The second kappa shape index (κ2) is 3.95. The smallest absolute Gasteiger partial charge is 0.263 e. The maximum Gasteiger partial charge on any atom is 0.263 e. The summed E-state index contributed by atoms with van der Waals surface area (Å²) in [6.07, 6.45) is 0.219. The van der Waals surface area contributed by atoms with Crippen molar-refractivity contribution in [3.8, 4) is 0 Å². The van der Waals surface area contributed by atoms with E-state index in [0.29, 0.717) is 0 Å². The molecule has 0 aromatic heterocycles. The maximum absolute atomic E-state index is 12.2. The van der Waals surface area contributed by atoms with Crippen LogP contribution in [0.15, 0.2) is 24.3 Å². The lowest BCUT2D eigenvalue weighted by Gasteiger charge is -2.06. The highest BCUT2D eigenvalue weighted by Gasteiger charge is 2.20. The number of benzene rings is 1. The molecule has 0 atom stereocenters. The molecule has 76 valence electrons. The van der Waals surface area contributed by atoms with E-state index in [4.69, 9.17) is 0 Å². The van der Waals surface area contributed by atoms with E-state index in [1.54, 1.807) is 12.1 Å². The molecule has 1 nitrogen and oxygen atoms in total. The highest BCUT2D eigenvalue weighted by atomic mass is 19.3. The fourth-order valence-corrected chi connectivity index (χ4v) is 1.33. The van der Waals surface area contributed by atoms with Crippen LogP contribution in [0.3, 0.4) is 0 Å². The standard InChI is InChI=1S/C11H13F2N/c12-11(13)9-3-5-10(6-4-9)14-7-8-1-2-8/h3-6,8,11,14H,1-2,7H2. The normalized spacial score (nSPS) is 15.9. The Balaban J connectivity index is 1.91. The highest BCUT2D eigenvalue weighted by Crippen LogP contribution is 2.29. The first kappa shape index (κ1) is 9.44. The molecule has 3 heteroatoms. The maximum atomic E-state index is 12.2. The lowest BCUT2D eigenvalue weighted by Crippen LogP contribution is -2.02. The minimum Gasteiger partial charge on any atom is -0.385 e. The summed E-state index contributed by atoms with van der Waals surface area (Å²) in [6, 6.07) is 6.37. The van der Waals surface area contributed by atoms with Gasteiger partial charge < -0.3 is 5.32 Å². The summed E-state index contributed by atoms with van der Waals surface area (Å²) in [7, 11) is 0. The Morgan fingerprint density at radius 1 is 1.21 bits per heavy atom. The molecule has 1 aliphatic carbocycles. The van der Waals surface area contributed by atoms with E-state index in [-0.39, 0.29) is 5.56 Å². The number of hydrogen-bond donors (Lipinski definition) is 1. The molecular formula is C11H13F2N. The topological polar surface area (TPSA) is 12.0 Å². The molecule has 0 amide bonds. The van der Waals surface area contributed by atoms with Gasteiger partial charge in [-0.15, -0.1) is 0 Å². The van der Waals surface area contributed by atoms with Gasteiger partial charge in [0, 0.05) is 17.8 Å². The van der Waals surface area contributed by atoms with Gasteiger partial charge in [-0.25, -0.2) is 8.78 Å². The Hall–Kier alpha value is -1.12. The van der Waals surface area contributed by atoms with E-state index < -0.39 is 6.43 Å². The van der Waals surface area contributed by atoms with Gasteiger partial charge in [-0.3, -0.25) is 0 Å². The van der Waals surface area contributed by atoms with Crippen LogP contribution < -0.4 is 5.32 Å². The fourth-order valence-electron chi connectivity index (χ4n) is 1.33. The Morgan fingerprint density at radius 3 is 2.36 bits per heavy atom. The predicted molar refractivity (Wildman–Crippen MR) is 52.6 cm³/mol. The summed E-state index contributed by atoms with van der Waals surface area (Å²) < 4.78 is 24.4. The largest absolute Gasteiger partial charge is 0.385 e. The molecule has 0 saturated heterocycles. The first-order valence-corrected chi connectivity index (χ1v) is 4.87. The number of nitrogens with one attached hydrogen (secondary N) is 1. The SMILES string of the molecule is FC(F)c1ccc(NCC2CC2)cc1. The summed E-state index contributed by atoms with van der Waals surface area (Å²) in [4.78, 5) is 0. The van der Waals surface area contributed by atoms with Crippen molar-refractivity contribution in [1.29, 1.82) is 0 Å². The Morgan fingerprint density at radius 2 is 1.86 bits per heavy atom. The van der Waals surface area contributed by atoms with E-state index in [0.717, 1.165) is 18.2 Å². The fraction of sp³-hybridized carbons (Fsp3) is 0.455. The van der Waals surface area contributed by atoms with E-state index in [1.807, 2.05) is 0 Å². The number of halogens is 2. The van der Waals surface area contributed by atoms with Crippen LogP contribution in [0.4, 0.5) is 14.5 Å². The van der Waals surface area contributed by atoms with Gasteiger partial charge in [-0.05, 0) is 30.9 Å². The summed E-state index contributed by atoms with van der Waals surface area (Å²) in [5.74, 6) is 0.796. The molecule has 1 aromatic rings. The molecule has 14 heavy (non-hydrogen) atoms. The molecule has 0 bridgehead atoms. The van der Waals surface area contributed by atoms with Crippen LogP contribution in [0.5, 0.6) is 0 Å². The second-order valence-electron chi connectivity index (χ2n) is 3.75. The molecule has 0 radical (unpaired) electrons. The van der Waals surface area contributed by atoms with Crippen molar-refractivity contribution in [1.82, 2.24) is 0 Å². The van der Waals surface area contributed by atoms with Crippen molar-refractivity contribution >= 4 is 5.69 Å². The van der Waals surface area contributed by atoms with Gasteiger partial charge >= 0.3 is 0 Å². The summed E-state index contributed by atoms with van der Waals surface area (Å²) in [5, 5.41) is 3.23. The molecule has 0 unspecified atom stereocenters. The summed E-state index contributed by atoms with van der Waals surface area (Å²) in [5.41, 5.74) is 1.02. The monoisotopic (exact) mass is 197 g/mol. The molecule has 1 saturated carbocycles. The molecule has 0 spiro atoms. The minimum absolute atomic E-state index is 0.0852. The van der Waals surface area contributed by atoms with Crippen LogP contribution in [0, 0.1) is 5.92 Å². The third kappa shape index (κ3) is 2.44. The van der Waals surface area contributed by atoms with Gasteiger partial charge in [0.15, 0.2) is 0 Å². The number of alkyl halides is 2. The van der Waals surface area contributed by atoms with Gasteiger partial charge in [0.1, 0.15) is 0 Å². The summed E-state index contributed by atoms with van der Waals surface area (Å²) >= 11 is 0. The zero-order valence-corrected chi connectivity index (χ0v) is 7.84. The highest BCUT2D eigenvalue weighted by molar-refractivity contribution is 5.44. The molecule has 1 aliphatic rings. The molecule has 1 fully saturated rings. The third-order valence-corrected chi connectivity index (χ3v) is 2.45.